The summed E-state index contributed by atoms with van der Waals surface area (Å²) in [4.78, 5) is 22.9. The largest absolute Gasteiger partial charge is 0.479 e. The van der Waals surface area contributed by atoms with Crippen LogP contribution in [0.15, 0.2) is 30.3 Å². The van der Waals surface area contributed by atoms with Gasteiger partial charge in [0.1, 0.15) is 0 Å². The van der Waals surface area contributed by atoms with Crippen LogP contribution in [0.25, 0.3) is 0 Å². The van der Waals surface area contributed by atoms with E-state index in [0.717, 1.165) is 0 Å². The maximum atomic E-state index is 11.6. The molecule has 1 amide bonds. The highest BCUT2D eigenvalue weighted by Gasteiger charge is 2.55. The highest BCUT2D eigenvalue weighted by atomic mass is 35.5. The smallest absolute Gasteiger partial charge is 0.337 e. The van der Waals surface area contributed by atoms with Crippen molar-refractivity contribution in [1.82, 2.24) is 5.32 Å². The van der Waals surface area contributed by atoms with Gasteiger partial charge in [-0.3, -0.25) is 4.79 Å². The molecule has 2 N–H and O–H groups in total. The molecule has 0 aliphatic carbocycles. The van der Waals surface area contributed by atoms with Gasteiger partial charge in [-0.15, -0.1) is 0 Å². The second-order valence-electron chi connectivity index (χ2n) is 3.99. The monoisotopic (exact) mass is 289 g/mol. The highest BCUT2D eigenvalue weighted by molar-refractivity contribution is 6.50. The molecule has 1 unspecified atom stereocenters. The highest BCUT2D eigenvalue weighted by Crippen LogP contribution is 2.41. The van der Waals surface area contributed by atoms with Gasteiger partial charge in [0.05, 0.1) is 0 Å². The van der Waals surface area contributed by atoms with Crippen LogP contribution < -0.4 is 5.32 Å². The molecule has 0 spiro atoms. The van der Waals surface area contributed by atoms with Crippen molar-refractivity contribution in [2.45, 2.75) is 23.7 Å². The fourth-order valence-electron chi connectivity index (χ4n) is 1.75. The minimum absolute atomic E-state index is 0.306. The summed E-state index contributed by atoms with van der Waals surface area (Å²) in [6, 6.07) is 8.12. The van der Waals surface area contributed by atoms with E-state index in [1.807, 2.05) is 0 Å². The molecule has 1 aromatic carbocycles. The second kappa shape index (κ2) is 5.16. The van der Waals surface area contributed by atoms with Crippen molar-refractivity contribution < 1.29 is 14.7 Å². The number of amides is 1. The molecular weight excluding hydrogens is 277 g/mol. The molecular formula is C12H13Cl2NO3. The first-order valence-corrected chi connectivity index (χ1v) is 5.93. The Labute approximate surface area is 115 Å². The molecule has 0 radical (unpaired) electrons. The Balaban J connectivity index is 3.49. The average molecular weight is 290 g/mol. The Bertz CT molecular complexity index is 456. The average Bonchev–Trinajstić information content (AvgIpc) is 2.24. The molecule has 18 heavy (non-hydrogen) atoms. The van der Waals surface area contributed by atoms with Crippen molar-refractivity contribution in [3.05, 3.63) is 35.9 Å². The third kappa shape index (κ3) is 2.60. The van der Waals surface area contributed by atoms with Gasteiger partial charge >= 0.3 is 5.97 Å². The predicted molar refractivity (Wildman–Crippen MR) is 69.7 cm³/mol. The number of carboxylic acids is 1. The van der Waals surface area contributed by atoms with Crippen LogP contribution in [0.4, 0.5) is 0 Å². The lowest BCUT2D eigenvalue weighted by Gasteiger charge is -2.38. The standard InChI is InChI=1S/C12H13Cl2NO3/c1-8(16)15-12(10(17)18,11(2,13)14)9-6-4-3-5-7-9/h3-7H,1-2H3,(H,15,16)(H,17,18). The fraction of sp³-hybridized carbons (Fsp3) is 0.333. The van der Waals surface area contributed by atoms with Gasteiger partial charge in [-0.1, -0.05) is 53.5 Å². The number of nitrogens with one attached hydrogen (secondary N) is 1. The predicted octanol–water partition coefficient (Wildman–Crippen LogP) is 2.30. The number of hydrogen-bond acceptors (Lipinski definition) is 2. The maximum Gasteiger partial charge on any atom is 0.337 e. The van der Waals surface area contributed by atoms with Crippen LogP contribution in [0.1, 0.15) is 19.4 Å². The number of benzene rings is 1. The van der Waals surface area contributed by atoms with Gasteiger partial charge < -0.3 is 10.4 Å². The van der Waals surface area contributed by atoms with Crippen LogP contribution in [0, 0.1) is 0 Å². The molecule has 0 saturated heterocycles. The van der Waals surface area contributed by atoms with Crippen molar-refractivity contribution in [3.63, 3.8) is 0 Å². The van der Waals surface area contributed by atoms with Gasteiger partial charge in [-0.05, 0) is 12.5 Å². The number of hydrogen-bond donors (Lipinski definition) is 2. The summed E-state index contributed by atoms with van der Waals surface area (Å²) in [5, 5.41) is 11.8. The number of aliphatic carboxylic acids is 1. The summed E-state index contributed by atoms with van der Waals surface area (Å²) in [5.41, 5.74) is -1.59. The van der Waals surface area contributed by atoms with E-state index in [9.17, 15) is 14.7 Å². The first-order valence-electron chi connectivity index (χ1n) is 5.17. The van der Waals surface area contributed by atoms with Crippen molar-refractivity contribution in [2.24, 2.45) is 0 Å². The number of rotatable bonds is 4. The van der Waals surface area contributed by atoms with E-state index in [-0.39, 0.29) is 0 Å². The SMILES string of the molecule is CC(=O)NC(C(=O)O)(c1ccccc1)C(C)(Cl)Cl. The van der Waals surface area contributed by atoms with Crippen LogP contribution in [-0.4, -0.2) is 21.3 Å². The minimum Gasteiger partial charge on any atom is -0.479 e. The van der Waals surface area contributed by atoms with Gasteiger partial charge in [0.15, 0.2) is 9.87 Å². The molecule has 0 aromatic heterocycles. The van der Waals surface area contributed by atoms with E-state index >= 15 is 0 Å². The molecule has 0 aliphatic rings. The van der Waals surface area contributed by atoms with Crippen molar-refractivity contribution in [3.8, 4) is 0 Å². The molecule has 0 heterocycles. The van der Waals surface area contributed by atoms with Crippen LogP contribution in [0.3, 0.4) is 0 Å². The fourth-order valence-corrected chi connectivity index (χ4v) is 2.23. The number of carbonyl (C=O) groups excluding carboxylic acids is 1. The van der Waals surface area contributed by atoms with Gasteiger partial charge in [0.2, 0.25) is 5.91 Å². The normalized spacial score (nSPS) is 14.7. The molecule has 0 aliphatic heterocycles. The lowest BCUT2D eigenvalue weighted by molar-refractivity contribution is -0.148. The van der Waals surface area contributed by atoms with Gasteiger partial charge in [0, 0.05) is 6.92 Å². The topological polar surface area (TPSA) is 66.4 Å². The zero-order chi connectivity index (χ0) is 14.0. The molecule has 0 fully saturated rings. The number of halogens is 2. The summed E-state index contributed by atoms with van der Waals surface area (Å²) < 4.78 is -1.72. The van der Waals surface area contributed by atoms with E-state index < -0.39 is 21.7 Å². The summed E-state index contributed by atoms with van der Waals surface area (Å²) in [6.45, 7) is 2.54. The summed E-state index contributed by atoms with van der Waals surface area (Å²) in [7, 11) is 0. The maximum absolute atomic E-state index is 11.6. The van der Waals surface area contributed by atoms with E-state index in [2.05, 4.69) is 5.32 Å². The van der Waals surface area contributed by atoms with Crippen molar-refractivity contribution in [1.29, 1.82) is 0 Å². The Kier molecular flexibility index (Phi) is 4.24. The molecule has 98 valence electrons. The van der Waals surface area contributed by atoms with Gasteiger partial charge in [-0.2, -0.15) is 0 Å². The number of carbonyl (C=O) groups is 2. The number of carboxylic acid groups (broad SMARTS) is 1. The molecule has 1 rings (SSSR count). The Morgan fingerprint density at radius 2 is 1.72 bits per heavy atom. The van der Waals surface area contributed by atoms with Crippen LogP contribution >= 0.6 is 23.2 Å². The van der Waals surface area contributed by atoms with Crippen LogP contribution in [-0.2, 0) is 15.1 Å². The lowest BCUT2D eigenvalue weighted by atomic mass is 9.86. The molecule has 6 heteroatoms. The molecule has 1 atom stereocenters. The Morgan fingerprint density at radius 1 is 1.22 bits per heavy atom. The van der Waals surface area contributed by atoms with E-state index in [0.29, 0.717) is 5.56 Å². The third-order valence-corrected chi connectivity index (χ3v) is 3.12. The molecule has 4 nitrogen and oxygen atoms in total. The summed E-state index contributed by atoms with van der Waals surface area (Å²) in [5.74, 6) is -1.86. The van der Waals surface area contributed by atoms with Gasteiger partial charge in [-0.25, -0.2) is 4.79 Å². The van der Waals surface area contributed by atoms with Gasteiger partial charge in [0.25, 0.3) is 0 Å². The number of alkyl halides is 2. The summed E-state index contributed by atoms with van der Waals surface area (Å²) >= 11 is 12.0. The Morgan fingerprint density at radius 3 is 2.06 bits per heavy atom. The van der Waals surface area contributed by atoms with Crippen molar-refractivity contribution in [2.75, 3.05) is 0 Å². The van der Waals surface area contributed by atoms with E-state index in [1.165, 1.54) is 13.8 Å². The third-order valence-electron chi connectivity index (χ3n) is 2.55. The summed E-state index contributed by atoms with van der Waals surface area (Å²) in [6.07, 6.45) is 0. The lowest BCUT2D eigenvalue weighted by Crippen LogP contribution is -2.60. The first-order chi connectivity index (χ1) is 8.22. The molecule has 1 aromatic rings. The van der Waals surface area contributed by atoms with Crippen molar-refractivity contribution >= 4 is 35.1 Å². The first kappa shape index (κ1) is 14.8. The Hall–Kier alpha value is -1.26. The second-order valence-corrected chi connectivity index (χ2v) is 5.70. The van der Waals surface area contributed by atoms with Crippen LogP contribution in [0.5, 0.6) is 0 Å². The van der Waals surface area contributed by atoms with E-state index in [4.69, 9.17) is 23.2 Å². The quantitative estimate of drug-likeness (QED) is 0.836. The van der Waals surface area contributed by atoms with E-state index in [1.54, 1.807) is 30.3 Å². The molecule has 0 saturated carbocycles. The van der Waals surface area contributed by atoms with Crippen LogP contribution in [0.2, 0.25) is 0 Å². The zero-order valence-electron chi connectivity index (χ0n) is 9.91. The zero-order valence-corrected chi connectivity index (χ0v) is 11.4. The molecule has 0 bridgehead atoms. The minimum atomic E-state index is -1.90.